The number of carbonyl (C=O) groups is 1. The maximum atomic E-state index is 11.7. The van der Waals surface area contributed by atoms with Crippen molar-refractivity contribution in [1.29, 1.82) is 0 Å². The molecule has 2 nitrogen and oxygen atoms in total. The van der Waals surface area contributed by atoms with Gasteiger partial charge in [0, 0.05) is 12.6 Å². The summed E-state index contributed by atoms with van der Waals surface area (Å²) in [7, 11) is 0. The van der Waals surface area contributed by atoms with E-state index in [2.05, 4.69) is 41.4 Å². The van der Waals surface area contributed by atoms with Gasteiger partial charge in [-0.25, -0.2) is 4.98 Å². The molecule has 1 aromatic heterocycles. The van der Waals surface area contributed by atoms with Gasteiger partial charge in [-0.15, -0.1) is 0 Å². The third kappa shape index (κ3) is 2.58. The van der Waals surface area contributed by atoms with Crippen molar-refractivity contribution in [2.24, 2.45) is 0 Å². The fourth-order valence-electron chi connectivity index (χ4n) is 2.60. The Morgan fingerprint density at radius 3 is 2.16 bits per heavy atom. The Morgan fingerprint density at radius 2 is 1.53 bits per heavy atom. The molecule has 96 valence electrons. The molecule has 0 unspecified atom stereocenters. The van der Waals surface area contributed by atoms with E-state index in [4.69, 9.17) is 0 Å². The number of rotatable bonds is 1. The molecule has 6 rings (SSSR count). The second kappa shape index (κ2) is 4.96. The Bertz CT molecular complexity index is 614. The lowest BCUT2D eigenvalue weighted by Gasteiger charge is -2.11. The number of aryl methyl sites for hydroxylation is 4. The molecule has 4 aliphatic rings. The van der Waals surface area contributed by atoms with E-state index < -0.39 is 0 Å². The summed E-state index contributed by atoms with van der Waals surface area (Å²) in [4.78, 5) is 16.3. The topological polar surface area (TPSA) is 30.0 Å². The van der Waals surface area contributed by atoms with E-state index in [0.717, 1.165) is 36.9 Å². The molecule has 0 saturated carbocycles. The minimum absolute atomic E-state index is 0.0720. The fourth-order valence-corrected chi connectivity index (χ4v) is 2.60. The summed E-state index contributed by atoms with van der Waals surface area (Å²) in [5, 5.41) is 0. The number of hydrogen-bond donors (Lipinski definition) is 0. The largest absolute Gasteiger partial charge is 0.293 e. The number of hydrogen-bond acceptors (Lipinski definition) is 2. The summed E-state index contributed by atoms with van der Waals surface area (Å²) in [5.41, 5.74) is 5.40. The van der Waals surface area contributed by atoms with Crippen molar-refractivity contribution in [2.75, 3.05) is 0 Å². The smallest absolute Gasteiger partial charge is 0.178 e. The molecule has 2 heteroatoms. The maximum absolute atomic E-state index is 11.7. The van der Waals surface area contributed by atoms with Crippen LogP contribution in [0.2, 0.25) is 0 Å². The van der Waals surface area contributed by atoms with Gasteiger partial charge in [-0.1, -0.05) is 30.3 Å². The number of ketones is 1. The first-order valence-corrected chi connectivity index (χ1v) is 6.80. The van der Waals surface area contributed by atoms with Crippen molar-refractivity contribution in [3.05, 3.63) is 64.5 Å². The van der Waals surface area contributed by atoms with Gasteiger partial charge in [-0.2, -0.15) is 0 Å². The van der Waals surface area contributed by atoms with Gasteiger partial charge in [0.1, 0.15) is 5.69 Å². The third-order valence-corrected chi connectivity index (χ3v) is 3.75. The quantitative estimate of drug-likeness (QED) is 0.729. The third-order valence-electron chi connectivity index (χ3n) is 3.75. The van der Waals surface area contributed by atoms with Crippen molar-refractivity contribution < 1.29 is 4.79 Å². The summed E-state index contributed by atoms with van der Waals surface area (Å²) >= 11 is 0. The van der Waals surface area contributed by atoms with Crippen LogP contribution >= 0.6 is 0 Å². The number of carbonyl (C=O) groups excluding carboxylic acids is 1. The SMILES string of the molecule is CC(=O)c1nc2ccc1CCc1ccc(cc1)CC2. The average molecular weight is 251 g/mol. The first-order valence-electron chi connectivity index (χ1n) is 6.80. The van der Waals surface area contributed by atoms with Crippen LogP contribution in [0, 0.1) is 0 Å². The molecule has 2 aromatic rings. The van der Waals surface area contributed by atoms with Crippen LogP contribution in [0.4, 0.5) is 0 Å². The van der Waals surface area contributed by atoms with Crippen LogP contribution in [-0.2, 0) is 25.7 Å². The minimum atomic E-state index is 0.0720. The Morgan fingerprint density at radius 1 is 0.895 bits per heavy atom. The lowest BCUT2D eigenvalue weighted by atomic mass is 9.97. The van der Waals surface area contributed by atoms with E-state index in [1.54, 1.807) is 6.92 Å². The van der Waals surface area contributed by atoms with E-state index in [1.165, 1.54) is 11.1 Å². The monoisotopic (exact) mass is 251 g/mol. The van der Waals surface area contributed by atoms with Gasteiger partial charge in [0.2, 0.25) is 0 Å². The minimum Gasteiger partial charge on any atom is -0.293 e. The van der Waals surface area contributed by atoms with Crippen molar-refractivity contribution in [3.8, 4) is 0 Å². The Kier molecular flexibility index (Phi) is 3.16. The summed E-state index contributed by atoms with van der Waals surface area (Å²) in [6.45, 7) is 1.61. The molecule has 0 saturated heterocycles. The summed E-state index contributed by atoms with van der Waals surface area (Å²) in [5.74, 6) is 0.0720. The zero-order chi connectivity index (χ0) is 13.2. The van der Waals surface area contributed by atoms with Gasteiger partial charge >= 0.3 is 0 Å². The Hall–Kier alpha value is -1.96. The number of aromatic nitrogens is 1. The van der Waals surface area contributed by atoms with Crippen molar-refractivity contribution >= 4 is 5.78 Å². The molecule has 0 spiro atoms. The number of nitrogens with zero attached hydrogens (tertiary/aromatic N) is 1. The van der Waals surface area contributed by atoms with Gasteiger partial charge in [0.05, 0.1) is 0 Å². The lowest BCUT2D eigenvalue weighted by Crippen LogP contribution is -2.08. The molecular weight excluding hydrogens is 234 g/mol. The molecule has 2 aliphatic carbocycles. The zero-order valence-corrected chi connectivity index (χ0v) is 11.1. The van der Waals surface area contributed by atoms with Crippen molar-refractivity contribution in [1.82, 2.24) is 4.98 Å². The van der Waals surface area contributed by atoms with Crippen molar-refractivity contribution in [2.45, 2.75) is 32.6 Å². The standard InChI is InChI=1S/C17H17NO/c1-12(19)17-15-8-6-13-2-4-14(5-3-13)7-10-16(18-17)11-9-15/h2-5,9,11H,6-8,10H2,1H3. The molecule has 0 fully saturated rings. The van der Waals surface area contributed by atoms with Gasteiger partial charge in [0.15, 0.2) is 5.78 Å². The second-order valence-electron chi connectivity index (χ2n) is 5.18. The number of pyridine rings is 1. The molecule has 0 atom stereocenters. The fraction of sp³-hybridized carbons (Fsp3) is 0.294. The van der Waals surface area contributed by atoms with E-state index in [-0.39, 0.29) is 5.78 Å². The van der Waals surface area contributed by atoms with Crippen LogP contribution in [0.1, 0.15) is 39.8 Å². The van der Waals surface area contributed by atoms with Gasteiger partial charge in [-0.05, 0) is 48.4 Å². The Balaban J connectivity index is 2.03. The molecule has 0 amide bonds. The van der Waals surface area contributed by atoms with Crippen LogP contribution in [0.5, 0.6) is 0 Å². The summed E-state index contributed by atoms with van der Waals surface area (Å²) in [6.07, 6.45) is 3.70. The molecule has 3 heterocycles. The highest BCUT2D eigenvalue weighted by Gasteiger charge is 2.12. The van der Waals surface area contributed by atoms with Gasteiger partial charge in [-0.3, -0.25) is 4.79 Å². The molecule has 19 heavy (non-hydrogen) atoms. The highest BCUT2D eigenvalue weighted by Crippen LogP contribution is 2.17. The second-order valence-corrected chi connectivity index (χ2v) is 5.18. The summed E-state index contributed by atoms with van der Waals surface area (Å²) in [6, 6.07) is 12.9. The van der Waals surface area contributed by atoms with E-state index in [1.807, 2.05) is 0 Å². The van der Waals surface area contributed by atoms with Crippen LogP contribution in [0.15, 0.2) is 36.4 Å². The summed E-state index contributed by atoms with van der Waals surface area (Å²) < 4.78 is 0. The van der Waals surface area contributed by atoms with Crippen LogP contribution in [0.3, 0.4) is 0 Å². The molecule has 2 aliphatic heterocycles. The lowest BCUT2D eigenvalue weighted by molar-refractivity contribution is 0.101. The predicted octanol–water partition coefficient (Wildman–Crippen LogP) is 3.17. The first kappa shape index (κ1) is 12.1. The van der Waals surface area contributed by atoms with Crippen LogP contribution in [-0.4, -0.2) is 10.8 Å². The maximum Gasteiger partial charge on any atom is 0.178 e. The average Bonchev–Trinajstić information content (AvgIpc) is 2.41. The normalized spacial score (nSPS) is 13.9. The van der Waals surface area contributed by atoms with Crippen molar-refractivity contribution in [3.63, 3.8) is 0 Å². The van der Waals surface area contributed by atoms with Crippen LogP contribution in [0.25, 0.3) is 0 Å². The van der Waals surface area contributed by atoms with Gasteiger partial charge in [0.25, 0.3) is 0 Å². The molecule has 0 radical (unpaired) electrons. The number of Topliss-reactive ketones (excluding diaryl/α,β-unsaturated/α-hetero) is 1. The van der Waals surface area contributed by atoms with Gasteiger partial charge < -0.3 is 0 Å². The van der Waals surface area contributed by atoms with E-state index in [9.17, 15) is 4.79 Å². The van der Waals surface area contributed by atoms with Crippen LogP contribution < -0.4 is 0 Å². The Labute approximate surface area is 113 Å². The van der Waals surface area contributed by atoms with E-state index >= 15 is 0 Å². The molecular formula is C17H17NO. The molecule has 1 aromatic carbocycles. The highest BCUT2D eigenvalue weighted by atomic mass is 16.1. The molecule has 0 N–H and O–H groups in total. The van der Waals surface area contributed by atoms with E-state index in [0.29, 0.717) is 5.69 Å². The predicted molar refractivity (Wildman–Crippen MR) is 75.5 cm³/mol. The number of benzene rings is 1. The molecule has 4 bridgehead atoms. The zero-order valence-electron chi connectivity index (χ0n) is 11.1. The first-order chi connectivity index (χ1) is 9.22. The highest BCUT2D eigenvalue weighted by molar-refractivity contribution is 5.93.